The molecule has 1 aromatic heterocycles. The van der Waals surface area contributed by atoms with Gasteiger partial charge in [0.05, 0.1) is 13.2 Å². The van der Waals surface area contributed by atoms with E-state index >= 15 is 0 Å². The summed E-state index contributed by atoms with van der Waals surface area (Å²) in [5, 5.41) is 0. The van der Waals surface area contributed by atoms with Crippen molar-refractivity contribution in [3.8, 4) is 0 Å². The van der Waals surface area contributed by atoms with Gasteiger partial charge in [0.15, 0.2) is 6.29 Å². The van der Waals surface area contributed by atoms with E-state index in [-0.39, 0.29) is 17.7 Å². The third-order valence-electron chi connectivity index (χ3n) is 4.13. The van der Waals surface area contributed by atoms with Gasteiger partial charge in [-0.15, -0.1) is 0 Å². The molecule has 0 amide bonds. The number of hydrogen-bond donors (Lipinski definition) is 0. The molecule has 0 unspecified atom stereocenters. The van der Waals surface area contributed by atoms with Crippen molar-refractivity contribution in [2.24, 2.45) is 5.41 Å². The number of carbonyl (C=O) groups is 1. The summed E-state index contributed by atoms with van der Waals surface area (Å²) in [5.41, 5.74) is 3.29. The number of aromatic nitrogens is 1. The van der Waals surface area contributed by atoms with Crippen LogP contribution in [0.25, 0.3) is 0 Å². The van der Waals surface area contributed by atoms with Crippen LogP contribution in [0.15, 0.2) is 6.07 Å². The van der Waals surface area contributed by atoms with E-state index in [1.54, 1.807) is 0 Å². The fraction of sp³-hybridized carbons (Fsp3) is 0.722. The van der Waals surface area contributed by atoms with Gasteiger partial charge >= 0.3 is 5.97 Å². The standard InChI is InChI=1S/C18H29NO4/c1-6-21-16(22-7-2)12-19-14(17(20)23-8-3)9-13-10-18(4,5)11-15(13)19/h9,16H,6-8,10-12H2,1-5H3. The molecular formula is C18H29NO4. The molecule has 0 saturated carbocycles. The predicted molar refractivity (Wildman–Crippen MR) is 88.6 cm³/mol. The second-order valence-electron chi connectivity index (χ2n) is 6.69. The Labute approximate surface area is 138 Å². The largest absolute Gasteiger partial charge is 0.461 e. The number of ether oxygens (including phenoxy) is 3. The van der Waals surface area contributed by atoms with Crippen LogP contribution in [-0.2, 0) is 33.6 Å². The van der Waals surface area contributed by atoms with E-state index in [1.165, 1.54) is 11.3 Å². The van der Waals surface area contributed by atoms with Gasteiger partial charge in [0.2, 0.25) is 0 Å². The molecule has 23 heavy (non-hydrogen) atoms. The topological polar surface area (TPSA) is 49.7 Å². The first-order valence-corrected chi connectivity index (χ1v) is 8.53. The summed E-state index contributed by atoms with van der Waals surface area (Å²) >= 11 is 0. The predicted octanol–water partition coefficient (Wildman–Crippen LogP) is 3.19. The smallest absolute Gasteiger partial charge is 0.354 e. The third kappa shape index (κ3) is 4.15. The molecule has 0 aromatic carbocycles. The molecule has 2 rings (SSSR count). The molecule has 0 aliphatic heterocycles. The first-order chi connectivity index (χ1) is 10.9. The second kappa shape index (κ2) is 7.49. The van der Waals surface area contributed by atoms with Crippen LogP contribution >= 0.6 is 0 Å². The molecule has 5 nitrogen and oxygen atoms in total. The first-order valence-electron chi connectivity index (χ1n) is 8.53. The molecule has 1 heterocycles. The maximum absolute atomic E-state index is 12.3. The molecule has 1 aliphatic carbocycles. The Morgan fingerprint density at radius 1 is 1.17 bits per heavy atom. The van der Waals surface area contributed by atoms with Crippen LogP contribution in [0.2, 0.25) is 0 Å². The first kappa shape index (κ1) is 18.0. The van der Waals surface area contributed by atoms with Gasteiger partial charge in [-0.1, -0.05) is 13.8 Å². The Kier molecular flexibility index (Phi) is 5.87. The molecule has 0 fully saturated rings. The summed E-state index contributed by atoms with van der Waals surface area (Å²) in [6.45, 7) is 12.3. The molecule has 0 bridgehead atoms. The monoisotopic (exact) mass is 323 g/mol. The number of rotatable bonds is 8. The van der Waals surface area contributed by atoms with Crippen LogP contribution in [0.4, 0.5) is 0 Å². The molecule has 1 aromatic rings. The van der Waals surface area contributed by atoms with Crippen molar-refractivity contribution in [2.75, 3.05) is 19.8 Å². The Hall–Kier alpha value is -1.33. The molecule has 1 aliphatic rings. The zero-order chi connectivity index (χ0) is 17.0. The average molecular weight is 323 g/mol. The third-order valence-corrected chi connectivity index (χ3v) is 4.13. The molecule has 130 valence electrons. The van der Waals surface area contributed by atoms with E-state index < -0.39 is 0 Å². The van der Waals surface area contributed by atoms with Crippen LogP contribution in [0.1, 0.15) is 56.4 Å². The van der Waals surface area contributed by atoms with Gasteiger partial charge in [0, 0.05) is 18.9 Å². The maximum atomic E-state index is 12.3. The van der Waals surface area contributed by atoms with Gasteiger partial charge in [-0.2, -0.15) is 0 Å². The van der Waals surface area contributed by atoms with Crippen molar-refractivity contribution >= 4 is 5.97 Å². The number of nitrogens with zero attached hydrogens (tertiary/aromatic N) is 1. The van der Waals surface area contributed by atoms with Gasteiger partial charge in [-0.05, 0) is 50.7 Å². The number of fused-ring (bicyclic) bond motifs is 1. The van der Waals surface area contributed by atoms with Crippen LogP contribution in [0, 0.1) is 5.41 Å². The van der Waals surface area contributed by atoms with Crippen LogP contribution in [0.3, 0.4) is 0 Å². The fourth-order valence-electron chi connectivity index (χ4n) is 3.30. The summed E-state index contributed by atoms with van der Waals surface area (Å²) in [6, 6.07) is 1.98. The molecule has 5 heteroatoms. The van der Waals surface area contributed by atoms with Gasteiger partial charge in [-0.25, -0.2) is 4.79 Å². The number of esters is 1. The highest BCUT2D eigenvalue weighted by molar-refractivity contribution is 5.88. The van der Waals surface area contributed by atoms with Crippen LogP contribution in [0.5, 0.6) is 0 Å². The van der Waals surface area contributed by atoms with Crippen LogP contribution < -0.4 is 0 Å². The minimum Gasteiger partial charge on any atom is -0.461 e. The SMILES string of the molecule is CCOC(=O)c1cc2c(n1CC(OCC)OCC)CC(C)(C)C2. The lowest BCUT2D eigenvalue weighted by atomic mass is 9.90. The lowest BCUT2D eigenvalue weighted by Gasteiger charge is -2.22. The average Bonchev–Trinajstić information content (AvgIpc) is 2.93. The highest BCUT2D eigenvalue weighted by atomic mass is 16.7. The van der Waals surface area contributed by atoms with Crippen molar-refractivity contribution < 1.29 is 19.0 Å². The Morgan fingerprint density at radius 2 is 1.83 bits per heavy atom. The van der Waals surface area contributed by atoms with E-state index in [1.807, 2.05) is 31.4 Å². The van der Waals surface area contributed by atoms with E-state index in [2.05, 4.69) is 13.8 Å². The summed E-state index contributed by atoms with van der Waals surface area (Å²) < 4.78 is 18.6. The summed E-state index contributed by atoms with van der Waals surface area (Å²) in [6.07, 6.45) is 1.58. The van der Waals surface area contributed by atoms with E-state index in [9.17, 15) is 4.79 Å². The lowest BCUT2D eigenvalue weighted by Crippen LogP contribution is -2.27. The van der Waals surface area contributed by atoms with E-state index in [0.717, 1.165) is 12.8 Å². The molecule has 0 saturated heterocycles. The summed E-state index contributed by atoms with van der Waals surface area (Å²) in [5.74, 6) is -0.272. The lowest BCUT2D eigenvalue weighted by molar-refractivity contribution is -0.143. The Morgan fingerprint density at radius 3 is 2.39 bits per heavy atom. The zero-order valence-corrected chi connectivity index (χ0v) is 15.0. The fourth-order valence-corrected chi connectivity index (χ4v) is 3.30. The molecule has 0 N–H and O–H groups in total. The molecular weight excluding hydrogens is 294 g/mol. The molecule has 0 atom stereocenters. The quantitative estimate of drug-likeness (QED) is 0.544. The summed E-state index contributed by atoms with van der Waals surface area (Å²) in [7, 11) is 0. The molecule has 0 radical (unpaired) electrons. The van der Waals surface area contributed by atoms with Crippen molar-refractivity contribution in [1.82, 2.24) is 4.57 Å². The van der Waals surface area contributed by atoms with Gasteiger partial charge in [0.25, 0.3) is 0 Å². The minimum absolute atomic E-state index is 0.229. The van der Waals surface area contributed by atoms with Crippen molar-refractivity contribution in [2.45, 2.75) is 60.3 Å². The van der Waals surface area contributed by atoms with Crippen LogP contribution in [-0.4, -0.2) is 36.6 Å². The minimum atomic E-state index is -0.349. The van der Waals surface area contributed by atoms with Gasteiger partial charge < -0.3 is 18.8 Å². The normalized spacial score (nSPS) is 15.9. The van der Waals surface area contributed by atoms with Crippen molar-refractivity contribution in [3.63, 3.8) is 0 Å². The maximum Gasteiger partial charge on any atom is 0.354 e. The van der Waals surface area contributed by atoms with Crippen molar-refractivity contribution in [3.05, 3.63) is 23.0 Å². The van der Waals surface area contributed by atoms with Gasteiger partial charge in [-0.3, -0.25) is 0 Å². The number of hydrogen-bond acceptors (Lipinski definition) is 4. The second-order valence-corrected chi connectivity index (χ2v) is 6.69. The number of carbonyl (C=O) groups excluding carboxylic acids is 1. The molecule has 0 spiro atoms. The van der Waals surface area contributed by atoms with E-state index in [4.69, 9.17) is 14.2 Å². The zero-order valence-electron chi connectivity index (χ0n) is 15.0. The highest BCUT2D eigenvalue weighted by Gasteiger charge is 2.34. The van der Waals surface area contributed by atoms with Gasteiger partial charge in [0.1, 0.15) is 5.69 Å². The Balaban J connectivity index is 2.32. The summed E-state index contributed by atoms with van der Waals surface area (Å²) in [4.78, 5) is 12.3. The van der Waals surface area contributed by atoms with E-state index in [0.29, 0.717) is 32.1 Å². The highest BCUT2D eigenvalue weighted by Crippen LogP contribution is 2.38. The van der Waals surface area contributed by atoms with Crippen molar-refractivity contribution in [1.29, 1.82) is 0 Å². The Bertz CT molecular complexity index is 541.